The number of rotatable bonds is 6. The van der Waals surface area contributed by atoms with E-state index in [0.717, 1.165) is 6.54 Å². The molecule has 122 valence electrons. The number of nitrogens with one attached hydrogen (secondary N) is 1. The summed E-state index contributed by atoms with van der Waals surface area (Å²) in [6.45, 7) is 5.98. The minimum absolute atomic E-state index is 0.0118. The molecule has 1 saturated heterocycles. The minimum atomic E-state index is 0.0118. The Labute approximate surface area is 138 Å². The van der Waals surface area contributed by atoms with Crippen LogP contribution >= 0.6 is 11.8 Å². The summed E-state index contributed by atoms with van der Waals surface area (Å²) in [6, 6.07) is 8.50. The molecule has 0 spiro atoms. The average molecular weight is 321 g/mol. The molecule has 1 fully saturated rings. The molecule has 4 heteroatoms. The quantitative estimate of drug-likeness (QED) is 0.871. The molecule has 22 heavy (non-hydrogen) atoms. The molecule has 0 bridgehead atoms. The maximum absolute atomic E-state index is 12.0. The number of carbonyl (C=O) groups excluding carboxylic acids is 1. The molecule has 0 aliphatic carbocycles. The molecular weight excluding hydrogens is 292 g/mol. The van der Waals surface area contributed by atoms with Crippen molar-refractivity contribution >= 4 is 17.7 Å². The Morgan fingerprint density at radius 2 is 1.82 bits per heavy atom. The summed E-state index contributed by atoms with van der Waals surface area (Å²) in [5.74, 6) is 0.122. The first-order valence-electron chi connectivity index (χ1n) is 8.30. The van der Waals surface area contributed by atoms with Gasteiger partial charge in [0.15, 0.2) is 0 Å². The van der Waals surface area contributed by atoms with Gasteiger partial charge in [-0.05, 0) is 50.2 Å². The molecular formula is C18H28N2OS. The summed E-state index contributed by atoms with van der Waals surface area (Å²) in [7, 11) is 0. The van der Waals surface area contributed by atoms with Gasteiger partial charge in [0.1, 0.15) is 0 Å². The number of carbonyl (C=O) groups is 1. The normalized spacial score (nSPS) is 17.7. The molecule has 1 aliphatic heterocycles. The minimum Gasteiger partial charge on any atom is -0.351 e. The topological polar surface area (TPSA) is 32.3 Å². The van der Waals surface area contributed by atoms with E-state index < -0.39 is 0 Å². The van der Waals surface area contributed by atoms with Gasteiger partial charge in [0.2, 0.25) is 5.91 Å². The van der Waals surface area contributed by atoms with Gasteiger partial charge in [-0.1, -0.05) is 37.1 Å². The van der Waals surface area contributed by atoms with E-state index in [1.807, 2.05) is 13.2 Å². The average Bonchev–Trinajstić information content (AvgIpc) is 2.81. The molecule has 1 amide bonds. The van der Waals surface area contributed by atoms with Crippen LogP contribution in [0.2, 0.25) is 0 Å². The fourth-order valence-corrected chi connectivity index (χ4v) is 3.15. The Morgan fingerprint density at radius 1 is 1.18 bits per heavy atom. The van der Waals surface area contributed by atoms with Crippen molar-refractivity contribution in [3.63, 3.8) is 0 Å². The Bertz CT molecular complexity index is 470. The first-order chi connectivity index (χ1) is 10.7. The van der Waals surface area contributed by atoms with Crippen LogP contribution in [0.1, 0.15) is 43.7 Å². The zero-order valence-electron chi connectivity index (χ0n) is 13.8. The number of nitrogens with zero attached hydrogens (tertiary/aromatic N) is 1. The molecule has 0 aromatic heterocycles. The molecule has 3 nitrogen and oxygen atoms in total. The van der Waals surface area contributed by atoms with E-state index in [9.17, 15) is 4.79 Å². The van der Waals surface area contributed by atoms with Crippen LogP contribution in [0.25, 0.3) is 0 Å². The number of benzene rings is 1. The van der Waals surface area contributed by atoms with Crippen molar-refractivity contribution in [1.82, 2.24) is 10.2 Å². The van der Waals surface area contributed by atoms with Crippen molar-refractivity contribution in [2.45, 2.75) is 50.9 Å². The number of amides is 1. The van der Waals surface area contributed by atoms with Gasteiger partial charge in [0, 0.05) is 13.1 Å². The van der Waals surface area contributed by atoms with Gasteiger partial charge in [-0.3, -0.25) is 9.69 Å². The van der Waals surface area contributed by atoms with Crippen LogP contribution in [-0.4, -0.2) is 35.4 Å². The third-order valence-corrected chi connectivity index (χ3v) is 5.31. The highest BCUT2D eigenvalue weighted by Crippen LogP contribution is 2.16. The van der Waals surface area contributed by atoms with E-state index in [4.69, 9.17) is 0 Å². The highest BCUT2D eigenvalue weighted by molar-refractivity contribution is 7.99. The molecule has 0 radical (unpaired) electrons. The van der Waals surface area contributed by atoms with Crippen molar-refractivity contribution in [3.8, 4) is 0 Å². The lowest BCUT2D eigenvalue weighted by Gasteiger charge is -2.22. The van der Waals surface area contributed by atoms with Crippen LogP contribution in [0.5, 0.6) is 0 Å². The fourth-order valence-electron chi connectivity index (χ4n) is 2.85. The maximum Gasteiger partial charge on any atom is 0.233 e. The zero-order valence-corrected chi connectivity index (χ0v) is 14.6. The van der Waals surface area contributed by atoms with Crippen LogP contribution in [0.4, 0.5) is 0 Å². The summed E-state index contributed by atoms with van der Waals surface area (Å²) >= 11 is 1.58. The first kappa shape index (κ1) is 17.4. The standard InChI is InChI=1S/C18H28N2OS/c1-15(22-2)18(21)19-13-16-9-5-6-10-17(16)14-20-11-7-3-4-8-12-20/h5-6,9-10,15H,3-4,7-8,11-14H2,1-2H3,(H,19,21). The van der Waals surface area contributed by atoms with Gasteiger partial charge in [-0.2, -0.15) is 11.8 Å². The van der Waals surface area contributed by atoms with Crippen LogP contribution in [-0.2, 0) is 17.9 Å². The van der Waals surface area contributed by atoms with Crippen molar-refractivity contribution in [3.05, 3.63) is 35.4 Å². The van der Waals surface area contributed by atoms with E-state index in [0.29, 0.717) is 6.54 Å². The fraction of sp³-hybridized carbons (Fsp3) is 0.611. The number of thioether (sulfide) groups is 1. The lowest BCUT2D eigenvalue weighted by Crippen LogP contribution is -2.31. The summed E-state index contributed by atoms with van der Waals surface area (Å²) in [5, 5.41) is 3.07. The van der Waals surface area contributed by atoms with Crippen LogP contribution < -0.4 is 5.32 Å². The van der Waals surface area contributed by atoms with E-state index >= 15 is 0 Å². The largest absolute Gasteiger partial charge is 0.351 e. The monoisotopic (exact) mass is 320 g/mol. The zero-order chi connectivity index (χ0) is 15.8. The summed E-state index contributed by atoms with van der Waals surface area (Å²) in [6.07, 6.45) is 7.31. The molecule has 1 aliphatic rings. The molecule has 1 heterocycles. The molecule has 1 aromatic carbocycles. The van der Waals surface area contributed by atoms with Crippen molar-refractivity contribution in [2.24, 2.45) is 0 Å². The van der Waals surface area contributed by atoms with Crippen molar-refractivity contribution in [1.29, 1.82) is 0 Å². The predicted octanol–water partition coefficient (Wildman–Crippen LogP) is 3.43. The van der Waals surface area contributed by atoms with Crippen molar-refractivity contribution < 1.29 is 4.79 Å². The van der Waals surface area contributed by atoms with E-state index in [1.165, 1.54) is 49.9 Å². The van der Waals surface area contributed by atoms with Gasteiger partial charge in [-0.15, -0.1) is 0 Å². The van der Waals surface area contributed by atoms with Gasteiger partial charge in [0.25, 0.3) is 0 Å². The summed E-state index contributed by atoms with van der Waals surface area (Å²) in [4.78, 5) is 14.5. The van der Waals surface area contributed by atoms with Crippen LogP contribution in [0.3, 0.4) is 0 Å². The van der Waals surface area contributed by atoms with Gasteiger partial charge in [0.05, 0.1) is 5.25 Å². The Balaban J connectivity index is 1.95. The third kappa shape index (κ3) is 5.33. The lowest BCUT2D eigenvalue weighted by atomic mass is 10.1. The highest BCUT2D eigenvalue weighted by atomic mass is 32.2. The van der Waals surface area contributed by atoms with E-state index in [1.54, 1.807) is 11.8 Å². The second kappa shape index (κ2) is 9.21. The lowest BCUT2D eigenvalue weighted by molar-refractivity contribution is -0.120. The second-order valence-electron chi connectivity index (χ2n) is 6.05. The number of hydrogen-bond acceptors (Lipinski definition) is 3. The Hall–Kier alpha value is -1.00. The van der Waals surface area contributed by atoms with Gasteiger partial charge < -0.3 is 5.32 Å². The molecule has 1 N–H and O–H groups in total. The van der Waals surface area contributed by atoms with Crippen LogP contribution in [0.15, 0.2) is 24.3 Å². The molecule has 1 unspecified atom stereocenters. The molecule has 1 aromatic rings. The maximum atomic E-state index is 12.0. The van der Waals surface area contributed by atoms with Crippen molar-refractivity contribution in [2.75, 3.05) is 19.3 Å². The number of likely N-dealkylation sites (tertiary alicyclic amines) is 1. The van der Waals surface area contributed by atoms with Crippen LogP contribution in [0, 0.1) is 0 Å². The van der Waals surface area contributed by atoms with E-state index in [-0.39, 0.29) is 11.2 Å². The summed E-state index contributed by atoms with van der Waals surface area (Å²) < 4.78 is 0. The van der Waals surface area contributed by atoms with Gasteiger partial charge in [-0.25, -0.2) is 0 Å². The second-order valence-corrected chi connectivity index (χ2v) is 7.23. The third-order valence-electron chi connectivity index (χ3n) is 4.39. The SMILES string of the molecule is CSC(C)C(=O)NCc1ccccc1CN1CCCCCC1. The smallest absolute Gasteiger partial charge is 0.233 e. The Morgan fingerprint density at radius 3 is 2.45 bits per heavy atom. The Kier molecular flexibility index (Phi) is 7.26. The highest BCUT2D eigenvalue weighted by Gasteiger charge is 2.13. The number of hydrogen-bond donors (Lipinski definition) is 1. The molecule has 2 rings (SSSR count). The molecule has 0 saturated carbocycles. The van der Waals surface area contributed by atoms with E-state index in [2.05, 4.69) is 34.5 Å². The van der Waals surface area contributed by atoms with Gasteiger partial charge >= 0.3 is 0 Å². The molecule has 1 atom stereocenters. The first-order valence-corrected chi connectivity index (χ1v) is 9.59. The summed E-state index contributed by atoms with van der Waals surface area (Å²) in [5.41, 5.74) is 2.59. The predicted molar refractivity (Wildman–Crippen MR) is 95.0 cm³/mol.